The lowest BCUT2D eigenvalue weighted by Crippen LogP contribution is -2.43. The number of anilines is 3. The van der Waals surface area contributed by atoms with Crippen LogP contribution in [0.2, 0.25) is 0 Å². The minimum absolute atomic E-state index is 0.0422. The second kappa shape index (κ2) is 9.09. The van der Waals surface area contributed by atoms with Crippen LogP contribution in [0, 0.1) is 18.3 Å². The number of aryl methyl sites for hydroxylation is 1. The van der Waals surface area contributed by atoms with Crippen molar-refractivity contribution >= 4 is 29.1 Å². The van der Waals surface area contributed by atoms with Gasteiger partial charge in [0.25, 0.3) is 0 Å². The zero-order chi connectivity index (χ0) is 22.6. The number of benzene rings is 2. The van der Waals surface area contributed by atoms with Gasteiger partial charge in [-0.1, -0.05) is 12.1 Å². The first-order valence-corrected chi connectivity index (χ1v) is 10.4. The largest absolute Gasteiger partial charge is 0.442 e. The van der Waals surface area contributed by atoms with Crippen LogP contribution in [0.25, 0.3) is 0 Å². The predicted molar refractivity (Wildman–Crippen MR) is 121 cm³/mol. The zero-order valence-electron chi connectivity index (χ0n) is 18.4. The summed E-state index contributed by atoms with van der Waals surface area (Å²) in [6.07, 6.45) is 1.68. The van der Waals surface area contributed by atoms with Gasteiger partial charge in [0.2, 0.25) is 5.91 Å². The van der Waals surface area contributed by atoms with Gasteiger partial charge in [-0.15, -0.1) is 0 Å². The van der Waals surface area contributed by atoms with Crippen LogP contribution >= 0.6 is 0 Å². The highest BCUT2D eigenvalue weighted by molar-refractivity contribution is 6.02. The van der Waals surface area contributed by atoms with Crippen molar-refractivity contribution in [1.82, 2.24) is 0 Å². The number of carbonyl (C=O) groups excluding carboxylic acids is 2. The summed E-state index contributed by atoms with van der Waals surface area (Å²) in [4.78, 5) is 27.6. The van der Waals surface area contributed by atoms with Crippen LogP contribution in [0.3, 0.4) is 0 Å². The number of nitrogens with zero attached hydrogens (tertiary/aromatic N) is 3. The molecule has 0 bridgehead atoms. The molecule has 2 amide bonds. The van der Waals surface area contributed by atoms with E-state index in [2.05, 4.69) is 11.5 Å². The van der Waals surface area contributed by atoms with E-state index in [1.54, 1.807) is 49.9 Å². The molecule has 2 aromatic carbocycles. The number of nitriles is 1. The minimum atomic E-state index is -0.703. The van der Waals surface area contributed by atoms with Gasteiger partial charge in [0.15, 0.2) is 0 Å². The van der Waals surface area contributed by atoms with Crippen molar-refractivity contribution in [2.24, 2.45) is 0 Å². The number of piperidine rings is 1. The summed E-state index contributed by atoms with van der Waals surface area (Å²) >= 11 is 0. The van der Waals surface area contributed by atoms with E-state index < -0.39 is 11.7 Å². The third kappa shape index (κ3) is 5.34. The van der Waals surface area contributed by atoms with Gasteiger partial charge < -0.3 is 9.64 Å². The molecule has 0 aliphatic carbocycles. The third-order valence-electron chi connectivity index (χ3n) is 4.89. The van der Waals surface area contributed by atoms with Gasteiger partial charge in [-0.25, -0.2) is 4.79 Å². The van der Waals surface area contributed by atoms with E-state index in [-0.39, 0.29) is 5.91 Å². The van der Waals surface area contributed by atoms with Crippen LogP contribution in [0.5, 0.6) is 0 Å². The van der Waals surface area contributed by atoms with Crippen LogP contribution in [-0.4, -0.2) is 24.1 Å². The van der Waals surface area contributed by atoms with E-state index in [4.69, 9.17) is 10.00 Å². The molecule has 1 fully saturated rings. The van der Waals surface area contributed by atoms with Crippen molar-refractivity contribution in [3.63, 3.8) is 0 Å². The van der Waals surface area contributed by atoms with Gasteiger partial charge in [-0.3, -0.25) is 10.2 Å². The minimum Gasteiger partial charge on any atom is -0.442 e. The number of para-hydroxylation sites is 1. The Labute approximate surface area is 183 Å². The molecule has 0 saturated carbocycles. The highest BCUT2D eigenvalue weighted by Crippen LogP contribution is 2.36. The second-order valence-corrected chi connectivity index (χ2v) is 8.56. The van der Waals surface area contributed by atoms with Gasteiger partial charge in [-0.05, 0) is 76.4 Å². The van der Waals surface area contributed by atoms with Crippen LogP contribution in [0.1, 0.15) is 51.2 Å². The molecule has 162 valence electrons. The van der Waals surface area contributed by atoms with E-state index in [9.17, 15) is 9.59 Å². The van der Waals surface area contributed by atoms with E-state index >= 15 is 0 Å². The van der Waals surface area contributed by atoms with Crippen LogP contribution in [0.15, 0.2) is 42.5 Å². The van der Waals surface area contributed by atoms with Crippen molar-refractivity contribution in [2.45, 2.75) is 52.6 Å². The molecule has 0 unspecified atom stereocenters. The van der Waals surface area contributed by atoms with Crippen molar-refractivity contribution in [2.75, 3.05) is 21.9 Å². The average Bonchev–Trinajstić information content (AvgIpc) is 2.72. The average molecular weight is 421 g/mol. The molecule has 2 aromatic rings. The Kier molecular flexibility index (Phi) is 6.50. The van der Waals surface area contributed by atoms with Gasteiger partial charge in [-0.2, -0.15) is 10.3 Å². The molecular formula is C24H28N4O3. The lowest BCUT2D eigenvalue weighted by atomic mass is 10.1. The molecule has 1 aliphatic rings. The Morgan fingerprint density at radius 3 is 2.48 bits per heavy atom. The molecule has 1 N–H and O–H groups in total. The first-order chi connectivity index (χ1) is 14.7. The molecule has 7 nitrogen and oxygen atoms in total. The monoisotopic (exact) mass is 420 g/mol. The molecule has 1 aliphatic heterocycles. The number of hydrogen-bond acceptors (Lipinski definition) is 5. The molecule has 3 rings (SSSR count). The first-order valence-electron chi connectivity index (χ1n) is 10.4. The summed E-state index contributed by atoms with van der Waals surface area (Å²) in [5, 5.41) is 10.4. The number of hydrogen-bond donors (Lipinski definition) is 1. The summed E-state index contributed by atoms with van der Waals surface area (Å²) in [5.74, 6) is 0.0422. The zero-order valence-corrected chi connectivity index (χ0v) is 18.4. The van der Waals surface area contributed by atoms with Gasteiger partial charge >= 0.3 is 6.09 Å². The maximum atomic E-state index is 13.2. The normalized spacial score (nSPS) is 14.0. The number of amides is 2. The number of rotatable bonds is 4. The number of hydrazine groups is 1. The highest BCUT2D eigenvalue weighted by atomic mass is 16.6. The van der Waals surface area contributed by atoms with Crippen molar-refractivity contribution in [3.8, 4) is 6.07 Å². The summed E-state index contributed by atoms with van der Waals surface area (Å²) < 4.78 is 5.66. The Balaban J connectivity index is 2.07. The molecule has 31 heavy (non-hydrogen) atoms. The lowest BCUT2D eigenvalue weighted by Gasteiger charge is -2.34. The fourth-order valence-electron chi connectivity index (χ4n) is 3.46. The summed E-state index contributed by atoms with van der Waals surface area (Å²) in [6.45, 7) is 7.91. The Hall–Kier alpha value is -3.53. The Bertz CT molecular complexity index is 1000. The maximum absolute atomic E-state index is 13.2. The molecule has 7 heteroatoms. The van der Waals surface area contributed by atoms with Crippen molar-refractivity contribution in [1.29, 1.82) is 5.26 Å². The summed E-state index contributed by atoms with van der Waals surface area (Å²) in [6, 6.07) is 14.5. The van der Waals surface area contributed by atoms with Crippen LogP contribution in [-0.2, 0) is 9.53 Å². The molecule has 0 radical (unpaired) electrons. The molecule has 1 heterocycles. The molecule has 0 spiro atoms. The van der Waals surface area contributed by atoms with Crippen molar-refractivity contribution in [3.05, 3.63) is 53.6 Å². The van der Waals surface area contributed by atoms with E-state index in [0.717, 1.165) is 18.4 Å². The molecular weight excluding hydrogens is 392 g/mol. The van der Waals surface area contributed by atoms with Crippen molar-refractivity contribution < 1.29 is 14.3 Å². The van der Waals surface area contributed by atoms with E-state index in [0.29, 0.717) is 35.6 Å². The maximum Gasteiger partial charge on any atom is 0.434 e. The van der Waals surface area contributed by atoms with Gasteiger partial charge in [0.05, 0.1) is 28.7 Å². The topological polar surface area (TPSA) is 85.7 Å². The fourth-order valence-corrected chi connectivity index (χ4v) is 3.46. The van der Waals surface area contributed by atoms with E-state index in [1.165, 1.54) is 5.01 Å². The smallest absolute Gasteiger partial charge is 0.434 e. The van der Waals surface area contributed by atoms with Gasteiger partial charge in [0, 0.05) is 13.0 Å². The fraction of sp³-hybridized carbons (Fsp3) is 0.375. The first kappa shape index (κ1) is 22.2. The van der Waals surface area contributed by atoms with E-state index in [1.807, 2.05) is 25.1 Å². The SMILES string of the molecule is Cc1cccc(N2CCCCC2=O)c1N(Nc1ccc(C#N)cc1)C(=O)OC(C)(C)C. The summed E-state index contributed by atoms with van der Waals surface area (Å²) in [5.41, 5.74) is 5.60. The second-order valence-electron chi connectivity index (χ2n) is 8.56. The Morgan fingerprint density at radius 1 is 1.16 bits per heavy atom. The molecule has 0 atom stereocenters. The number of ether oxygens (including phenoxy) is 1. The number of nitrogens with one attached hydrogen (secondary N) is 1. The lowest BCUT2D eigenvalue weighted by molar-refractivity contribution is -0.119. The number of carbonyl (C=O) groups is 2. The highest BCUT2D eigenvalue weighted by Gasteiger charge is 2.30. The van der Waals surface area contributed by atoms with Crippen LogP contribution < -0.4 is 15.3 Å². The Morgan fingerprint density at radius 2 is 1.87 bits per heavy atom. The third-order valence-corrected chi connectivity index (χ3v) is 4.89. The predicted octanol–water partition coefficient (Wildman–Crippen LogP) is 5.15. The van der Waals surface area contributed by atoms with Crippen LogP contribution in [0.4, 0.5) is 21.9 Å². The standard InChI is InChI=1S/C24H28N4O3/c1-17-8-7-9-20(27-15-6-5-10-21(27)29)22(17)28(23(30)31-24(2,3)4)26-19-13-11-18(16-25)12-14-19/h7-9,11-14,26H,5-6,10,15H2,1-4H3. The van der Waals surface area contributed by atoms with Gasteiger partial charge in [0.1, 0.15) is 5.60 Å². The molecule has 1 saturated heterocycles. The quantitative estimate of drug-likeness (QED) is 0.691. The summed E-state index contributed by atoms with van der Waals surface area (Å²) in [7, 11) is 0. The molecule has 0 aromatic heterocycles.